The lowest BCUT2D eigenvalue weighted by molar-refractivity contribution is -0.330. The Kier molecular flexibility index (Phi) is 3.05. The van der Waals surface area contributed by atoms with Gasteiger partial charge in [-0.2, -0.15) is 0 Å². The first kappa shape index (κ1) is 11.9. The van der Waals surface area contributed by atoms with E-state index in [-0.39, 0.29) is 24.9 Å². The van der Waals surface area contributed by atoms with Crippen LogP contribution in [-0.2, 0) is 4.74 Å². The van der Waals surface area contributed by atoms with E-state index in [1.165, 1.54) is 17.4 Å². The van der Waals surface area contributed by atoms with E-state index in [2.05, 4.69) is 14.7 Å². The normalized spacial score (nSPS) is 17.0. The quantitative estimate of drug-likeness (QED) is 0.870. The zero-order valence-corrected chi connectivity index (χ0v) is 8.70. The molecule has 2 rings (SSSR count). The molecular weight excluding hydrogens is 239 g/mol. The molecule has 1 aliphatic rings. The van der Waals surface area contributed by atoms with Crippen molar-refractivity contribution < 1.29 is 22.7 Å². The van der Waals surface area contributed by atoms with Gasteiger partial charge in [0.25, 0.3) is 5.91 Å². The summed E-state index contributed by atoms with van der Waals surface area (Å²) in [6.07, 6.45) is -1.85. The summed E-state index contributed by atoms with van der Waals surface area (Å²) in [7, 11) is 0. The van der Waals surface area contributed by atoms with Crippen molar-refractivity contribution in [3.05, 3.63) is 18.2 Å². The van der Waals surface area contributed by atoms with Crippen molar-refractivity contribution in [2.45, 2.75) is 6.36 Å². The number of nitrogens with one attached hydrogen (secondary N) is 1. The van der Waals surface area contributed by atoms with Crippen molar-refractivity contribution in [1.82, 2.24) is 14.9 Å². The van der Waals surface area contributed by atoms with Crippen molar-refractivity contribution >= 4 is 5.91 Å². The first-order valence-electron chi connectivity index (χ1n) is 4.94. The van der Waals surface area contributed by atoms with Crippen LogP contribution in [0.2, 0.25) is 0 Å². The van der Waals surface area contributed by atoms with Crippen LogP contribution in [0.15, 0.2) is 12.5 Å². The number of imidazole rings is 1. The molecule has 2 heterocycles. The van der Waals surface area contributed by atoms with E-state index in [9.17, 15) is 18.0 Å². The summed E-state index contributed by atoms with van der Waals surface area (Å²) >= 11 is 0. The molecule has 0 aromatic carbocycles. The van der Waals surface area contributed by atoms with E-state index in [1.807, 2.05) is 0 Å². The molecule has 94 valence electrons. The van der Waals surface area contributed by atoms with Crippen LogP contribution in [0.1, 0.15) is 10.5 Å². The molecule has 0 radical (unpaired) electrons. The molecule has 5 nitrogen and oxygen atoms in total. The summed E-state index contributed by atoms with van der Waals surface area (Å²) in [6.45, 7) is 0.137. The standard InChI is InChI=1S/C9H10F3N3O2/c10-9(11,12)17-4-6-2-15(3-6)8(16)7-1-13-5-14-7/h1,5-6H,2-4H2,(H,13,14). The van der Waals surface area contributed by atoms with Crippen LogP contribution in [0.5, 0.6) is 0 Å². The third-order valence-electron chi connectivity index (χ3n) is 2.46. The fourth-order valence-electron chi connectivity index (χ4n) is 1.60. The van der Waals surface area contributed by atoms with Crippen molar-refractivity contribution in [3.8, 4) is 0 Å². The minimum Gasteiger partial charge on any atom is -0.341 e. The van der Waals surface area contributed by atoms with Crippen LogP contribution >= 0.6 is 0 Å². The molecule has 1 fully saturated rings. The number of rotatable bonds is 3. The van der Waals surface area contributed by atoms with Crippen molar-refractivity contribution in [3.63, 3.8) is 0 Å². The van der Waals surface area contributed by atoms with E-state index in [0.29, 0.717) is 5.69 Å². The van der Waals surface area contributed by atoms with Gasteiger partial charge in [-0.25, -0.2) is 4.98 Å². The van der Waals surface area contributed by atoms with Crippen molar-refractivity contribution in [2.24, 2.45) is 5.92 Å². The highest BCUT2D eigenvalue weighted by molar-refractivity contribution is 5.92. The summed E-state index contributed by atoms with van der Waals surface area (Å²) < 4.78 is 38.9. The number of likely N-dealkylation sites (tertiary alicyclic amines) is 1. The molecule has 17 heavy (non-hydrogen) atoms. The maximum atomic E-state index is 11.7. The fraction of sp³-hybridized carbons (Fsp3) is 0.556. The average Bonchev–Trinajstić information content (AvgIpc) is 2.65. The Morgan fingerprint density at radius 2 is 2.29 bits per heavy atom. The maximum Gasteiger partial charge on any atom is 0.522 e. The Morgan fingerprint density at radius 1 is 1.59 bits per heavy atom. The maximum absolute atomic E-state index is 11.7. The lowest BCUT2D eigenvalue weighted by Gasteiger charge is -2.38. The number of aromatic nitrogens is 2. The number of hydrogen-bond acceptors (Lipinski definition) is 3. The van der Waals surface area contributed by atoms with Crippen LogP contribution in [-0.4, -0.2) is 46.8 Å². The van der Waals surface area contributed by atoms with Gasteiger partial charge in [0.15, 0.2) is 0 Å². The second-order valence-corrected chi connectivity index (χ2v) is 3.80. The Hall–Kier alpha value is -1.57. The van der Waals surface area contributed by atoms with Gasteiger partial charge >= 0.3 is 6.36 Å². The molecule has 0 saturated carbocycles. The van der Waals surface area contributed by atoms with E-state index < -0.39 is 13.0 Å². The largest absolute Gasteiger partial charge is 0.522 e. The number of nitrogens with zero attached hydrogens (tertiary/aromatic N) is 2. The lowest BCUT2D eigenvalue weighted by atomic mass is 10.0. The average molecular weight is 249 g/mol. The Balaban J connectivity index is 1.74. The third-order valence-corrected chi connectivity index (χ3v) is 2.46. The monoisotopic (exact) mass is 249 g/mol. The number of carbonyl (C=O) groups excluding carboxylic acids is 1. The van der Waals surface area contributed by atoms with Gasteiger partial charge in [0, 0.05) is 19.0 Å². The predicted molar refractivity (Wildman–Crippen MR) is 50.0 cm³/mol. The van der Waals surface area contributed by atoms with E-state index in [4.69, 9.17) is 0 Å². The Morgan fingerprint density at radius 3 is 2.82 bits per heavy atom. The molecule has 1 amide bonds. The molecule has 0 aliphatic carbocycles. The SMILES string of the molecule is O=C(c1cnc[nH]1)N1CC(COC(F)(F)F)C1. The van der Waals surface area contributed by atoms with Gasteiger partial charge in [-0.3, -0.25) is 9.53 Å². The number of hydrogen-bond donors (Lipinski definition) is 1. The topological polar surface area (TPSA) is 58.2 Å². The highest BCUT2D eigenvalue weighted by atomic mass is 19.4. The van der Waals surface area contributed by atoms with Crippen LogP contribution in [0.25, 0.3) is 0 Å². The second-order valence-electron chi connectivity index (χ2n) is 3.80. The van der Waals surface area contributed by atoms with Crippen LogP contribution in [0.4, 0.5) is 13.2 Å². The van der Waals surface area contributed by atoms with Crippen LogP contribution in [0.3, 0.4) is 0 Å². The molecule has 1 N–H and O–H groups in total. The first-order chi connectivity index (χ1) is 7.96. The van der Waals surface area contributed by atoms with E-state index >= 15 is 0 Å². The fourth-order valence-corrected chi connectivity index (χ4v) is 1.60. The number of amides is 1. The van der Waals surface area contributed by atoms with Gasteiger partial charge < -0.3 is 9.88 Å². The lowest BCUT2D eigenvalue weighted by Crippen LogP contribution is -2.52. The molecule has 0 bridgehead atoms. The molecule has 8 heteroatoms. The number of carbonyl (C=O) groups is 1. The predicted octanol–water partition coefficient (Wildman–Crippen LogP) is 1.02. The summed E-state index contributed by atoms with van der Waals surface area (Å²) in [4.78, 5) is 19.4. The number of alkyl halides is 3. The zero-order valence-electron chi connectivity index (χ0n) is 8.70. The summed E-state index contributed by atoms with van der Waals surface area (Å²) in [5, 5.41) is 0. The van der Waals surface area contributed by atoms with Gasteiger partial charge in [-0.05, 0) is 0 Å². The zero-order chi connectivity index (χ0) is 12.5. The Bertz CT molecular complexity index is 385. The summed E-state index contributed by atoms with van der Waals surface area (Å²) in [6, 6.07) is 0. The second kappa shape index (κ2) is 4.36. The first-order valence-corrected chi connectivity index (χ1v) is 4.94. The smallest absolute Gasteiger partial charge is 0.341 e. The number of ether oxygens (including phenoxy) is 1. The molecule has 1 aromatic heterocycles. The van der Waals surface area contributed by atoms with E-state index in [0.717, 1.165) is 0 Å². The Labute approximate surface area is 94.6 Å². The van der Waals surface area contributed by atoms with Crippen molar-refractivity contribution in [2.75, 3.05) is 19.7 Å². The number of aromatic amines is 1. The minimum atomic E-state index is -4.60. The molecular formula is C9H10F3N3O2. The minimum absolute atomic E-state index is 0.259. The third kappa shape index (κ3) is 2.96. The molecule has 1 saturated heterocycles. The molecule has 0 unspecified atom stereocenters. The summed E-state index contributed by atoms with van der Waals surface area (Å²) in [5.74, 6) is -0.519. The summed E-state index contributed by atoms with van der Waals surface area (Å²) in [5.41, 5.74) is 0.334. The van der Waals surface area contributed by atoms with Gasteiger partial charge in [0.2, 0.25) is 0 Å². The van der Waals surface area contributed by atoms with E-state index in [1.54, 1.807) is 0 Å². The van der Waals surface area contributed by atoms with Crippen LogP contribution in [0, 0.1) is 5.92 Å². The van der Waals surface area contributed by atoms with Gasteiger partial charge in [-0.15, -0.1) is 13.2 Å². The van der Waals surface area contributed by atoms with Gasteiger partial charge in [-0.1, -0.05) is 0 Å². The molecule has 1 aromatic rings. The molecule has 1 aliphatic heterocycles. The molecule has 0 spiro atoms. The van der Waals surface area contributed by atoms with Crippen molar-refractivity contribution in [1.29, 1.82) is 0 Å². The van der Waals surface area contributed by atoms with Gasteiger partial charge in [0.1, 0.15) is 5.69 Å². The highest BCUT2D eigenvalue weighted by Crippen LogP contribution is 2.22. The highest BCUT2D eigenvalue weighted by Gasteiger charge is 2.36. The number of halogens is 3. The van der Waals surface area contributed by atoms with Gasteiger partial charge in [0.05, 0.1) is 19.1 Å². The number of H-pyrrole nitrogens is 1. The molecule has 0 atom stereocenters. The van der Waals surface area contributed by atoms with Crippen LogP contribution < -0.4 is 0 Å².